The maximum absolute atomic E-state index is 11.7. The third kappa shape index (κ3) is 8.27. The van der Waals surface area contributed by atoms with Gasteiger partial charge in [-0.1, -0.05) is 0 Å². The fourth-order valence-electron chi connectivity index (χ4n) is 3.86. The normalized spacial score (nSPS) is 15.7. The Balaban J connectivity index is 2.55. The van der Waals surface area contributed by atoms with E-state index in [1.807, 2.05) is 0 Å². The average molecular weight is 456 g/mol. The monoisotopic (exact) mass is 457 g/mol. The Labute approximate surface area is 159 Å². The Morgan fingerprint density at radius 3 is 1.76 bits per heavy atom. The van der Waals surface area contributed by atoms with Crippen molar-refractivity contribution >= 4 is 30.2 Å². The van der Waals surface area contributed by atoms with Crippen LogP contribution in [0.1, 0.15) is 78.6 Å². The first-order valence-electron chi connectivity index (χ1n) is 10.6. The topological polar surface area (TPSA) is 37.4 Å². The number of likely N-dealkylation sites (tertiary alicyclic amines) is 1. The van der Waals surface area contributed by atoms with Gasteiger partial charge < -0.3 is 0 Å². The minimum absolute atomic E-state index is 0.0146. The van der Waals surface area contributed by atoms with Crippen LogP contribution in [0.5, 0.6) is 0 Å². The van der Waals surface area contributed by atoms with Crippen LogP contribution in [-0.4, -0.2) is 41.6 Å². The first-order valence-corrected chi connectivity index (χ1v) is 18.6. The zero-order valence-corrected chi connectivity index (χ0v) is 19.7. The van der Waals surface area contributed by atoms with Gasteiger partial charge in [0.15, 0.2) is 0 Å². The van der Waals surface area contributed by atoms with Gasteiger partial charge in [-0.15, -0.1) is 0 Å². The van der Waals surface area contributed by atoms with Crippen LogP contribution in [0.25, 0.3) is 0 Å². The van der Waals surface area contributed by atoms with Crippen molar-refractivity contribution in [3.63, 3.8) is 0 Å². The summed E-state index contributed by atoms with van der Waals surface area (Å²) in [7, 11) is 0. The van der Waals surface area contributed by atoms with E-state index >= 15 is 0 Å². The number of rotatable bonds is 14. The van der Waals surface area contributed by atoms with E-state index in [9.17, 15) is 9.59 Å². The van der Waals surface area contributed by atoms with Gasteiger partial charge >= 0.3 is 160 Å². The molecule has 0 saturated carbocycles. The molecule has 3 nitrogen and oxygen atoms in total. The van der Waals surface area contributed by atoms with E-state index in [0.717, 1.165) is 6.42 Å². The summed E-state index contributed by atoms with van der Waals surface area (Å²) in [6, 6.07) is 0. The number of amides is 2. The molecular weight excluding hydrogens is 417 g/mol. The number of allylic oxidation sites excluding steroid dienone is 1. The second-order valence-electron chi connectivity index (χ2n) is 7.71. The first kappa shape index (κ1) is 22.7. The van der Waals surface area contributed by atoms with Crippen molar-refractivity contribution in [3.8, 4) is 0 Å². The van der Waals surface area contributed by atoms with Crippen molar-refractivity contribution in [1.29, 1.82) is 0 Å². The van der Waals surface area contributed by atoms with Gasteiger partial charge in [-0.25, -0.2) is 0 Å². The van der Waals surface area contributed by atoms with Crippen LogP contribution in [-0.2, 0) is 9.59 Å². The van der Waals surface area contributed by atoms with Crippen LogP contribution in [0.2, 0.25) is 17.7 Å². The van der Waals surface area contributed by atoms with Crippen LogP contribution in [0.15, 0.2) is 12.2 Å². The molecule has 0 bridgehead atoms. The number of hydrogen-bond acceptors (Lipinski definition) is 2. The van der Waals surface area contributed by atoms with Gasteiger partial charge in [-0.05, 0) is 0 Å². The molecule has 1 aliphatic heterocycles. The molecule has 0 spiro atoms. The summed E-state index contributed by atoms with van der Waals surface area (Å²) >= 11 is -2.05. The van der Waals surface area contributed by atoms with E-state index in [2.05, 4.69) is 32.9 Å². The summed E-state index contributed by atoms with van der Waals surface area (Å²) in [6.07, 6.45) is 14.5. The van der Waals surface area contributed by atoms with Crippen LogP contribution < -0.4 is 0 Å². The number of hydrogen-bond donors (Lipinski definition) is 0. The number of unbranched alkanes of at least 4 members (excludes halogenated alkanes) is 3. The number of imide groups is 1. The van der Waals surface area contributed by atoms with E-state index in [1.165, 1.54) is 47.9 Å². The van der Waals surface area contributed by atoms with Crippen molar-refractivity contribution < 1.29 is 9.59 Å². The van der Waals surface area contributed by atoms with E-state index in [0.29, 0.717) is 19.4 Å². The molecule has 25 heavy (non-hydrogen) atoms. The summed E-state index contributed by atoms with van der Waals surface area (Å²) in [5.41, 5.74) is 0. The molecule has 4 heteroatoms. The minimum atomic E-state index is -2.05. The Morgan fingerprint density at radius 2 is 1.32 bits per heavy atom. The molecular formula is C21H39NO2Sn. The molecule has 2 amide bonds. The van der Waals surface area contributed by atoms with Gasteiger partial charge in [0, 0.05) is 0 Å². The SMILES string of the molecule is CCC[CH2][Sn]([CH2]/C=C/CCN1C(=O)CCC1=O)([CH2]CCC)[CH2]CCC. The van der Waals surface area contributed by atoms with Crippen LogP contribution >= 0.6 is 0 Å². The van der Waals surface area contributed by atoms with Crippen molar-refractivity contribution in [2.75, 3.05) is 6.54 Å². The van der Waals surface area contributed by atoms with Crippen molar-refractivity contribution in [2.45, 2.75) is 96.3 Å². The molecule has 0 aromatic heterocycles. The van der Waals surface area contributed by atoms with Crippen LogP contribution in [0.3, 0.4) is 0 Å². The van der Waals surface area contributed by atoms with Gasteiger partial charge in [0.1, 0.15) is 0 Å². The molecule has 1 saturated heterocycles. The molecule has 0 aliphatic carbocycles. The van der Waals surface area contributed by atoms with Gasteiger partial charge in [0.25, 0.3) is 0 Å². The van der Waals surface area contributed by atoms with E-state index in [4.69, 9.17) is 0 Å². The molecule has 0 aromatic carbocycles. The Morgan fingerprint density at radius 1 is 0.840 bits per heavy atom. The molecule has 144 valence electrons. The van der Waals surface area contributed by atoms with Crippen molar-refractivity contribution in [2.24, 2.45) is 0 Å². The summed E-state index contributed by atoms with van der Waals surface area (Å²) in [6.45, 7) is 7.53. The third-order valence-corrected chi connectivity index (χ3v) is 20.8. The van der Waals surface area contributed by atoms with Crippen LogP contribution in [0, 0.1) is 0 Å². The Hall–Kier alpha value is -0.321. The predicted octanol–water partition coefficient (Wildman–Crippen LogP) is 5.93. The quantitative estimate of drug-likeness (QED) is 0.185. The Bertz CT molecular complexity index is 396. The zero-order chi connectivity index (χ0) is 18.5. The van der Waals surface area contributed by atoms with Gasteiger partial charge in [0.05, 0.1) is 0 Å². The molecule has 1 heterocycles. The molecule has 0 aromatic rings. The summed E-state index contributed by atoms with van der Waals surface area (Å²) in [4.78, 5) is 24.8. The van der Waals surface area contributed by atoms with E-state index in [-0.39, 0.29) is 11.8 Å². The number of carbonyl (C=O) groups excluding carboxylic acids is 2. The molecule has 0 radical (unpaired) electrons. The van der Waals surface area contributed by atoms with Crippen molar-refractivity contribution in [3.05, 3.63) is 12.2 Å². The molecule has 0 atom stereocenters. The second kappa shape index (κ2) is 12.9. The molecule has 1 fully saturated rings. The van der Waals surface area contributed by atoms with Gasteiger partial charge in [0.2, 0.25) is 0 Å². The molecule has 1 aliphatic rings. The van der Waals surface area contributed by atoms with Gasteiger partial charge in [-0.3, -0.25) is 0 Å². The van der Waals surface area contributed by atoms with E-state index < -0.39 is 18.4 Å². The van der Waals surface area contributed by atoms with Crippen LogP contribution in [0.4, 0.5) is 0 Å². The first-order chi connectivity index (χ1) is 12.1. The fraction of sp³-hybridized carbons (Fsp3) is 0.810. The maximum atomic E-state index is 11.7. The number of nitrogens with zero attached hydrogens (tertiary/aromatic N) is 1. The summed E-state index contributed by atoms with van der Waals surface area (Å²) < 4.78 is 5.98. The second-order valence-corrected chi connectivity index (χ2v) is 21.7. The molecule has 0 unspecified atom stereocenters. The fourth-order valence-corrected chi connectivity index (χ4v) is 19.1. The molecule has 0 N–H and O–H groups in total. The summed E-state index contributed by atoms with van der Waals surface area (Å²) in [5.74, 6) is 0.0292. The van der Waals surface area contributed by atoms with Crippen molar-refractivity contribution in [1.82, 2.24) is 4.90 Å². The Kier molecular flexibility index (Phi) is 11.8. The third-order valence-electron chi connectivity index (χ3n) is 5.57. The van der Waals surface area contributed by atoms with E-state index in [1.54, 1.807) is 13.3 Å². The predicted molar refractivity (Wildman–Crippen MR) is 109 cm³/mol. The zero-order valence-electron chi connectivity index (χ0n) is 16.8. The summed E-state index contributed by atoms with van der Waals surface area (Å²) in [5, 5.41) is 0. The van der Waals surface area contributed by atoms with Gasteiger partial charge in [-0.2, -0.15) is 0 Å². The number of carbonyl (C=O) groups is 2. The average Bonchev–Trinajstić information content (AvgIpc) is 2.94. The molecule has 1 rings (SSSR count). The standard InChI is InChI=1S/C9H12NO2.3C4H9.Sn/c1-2-3-4-7-10-8(11)5-6-9(10)12;3*1-3-4-2;/h2-3H,1,4-7H2;3*1,3-4H2,2H3;/b3-2+;;;;.